The molecule has 3 rings (SSSR count). The highest BCUT2D eigenvalue weighted by Crippen LogP contribution is 2.27. The van der Waals surface area contributed by atoms with Crippen molar-refractivity contribution >= 4 is 46.7 Å². The highest BCUT2D eigenvalue weighted by atomic mass is 35.5. The molecule has 0 aromatic heterocycles. The van der Waals surface area contributed by atoms with Crippen molar-refractivity contribution in [3.05, 3.63) is 91.9 Å². The number of ether oxygens (including phenoxy) is 1. The summed E-state index contributed by atoms with van der Waals surface area (Å²) in [5.41, 5.74) is 4.88. The number of hydrogen-bond acceptors (Lipinski definition) is 2. The van der Waals surface area contributed by atoms with E-state index < -0.39 is 0 Å². The summed E-state index contributed by atoms with van der Waals surface area (Å²) in [6, 6.07) is 16.9. The summed E-state index contributed by atoms with van der Waals surface area (Å²) in [5, 5.41) is 1.78. The fourth-order valence-electron chi connectivity index (χ4n) is 2.64. The summed E-state index contributed by atoms with van der Waals surface area (Å²) in [5.74, 6) is 0.680. The van der Waals surface area contributed by atoms with Gasteiger partial charge in [-0.1, -0.05) is 58.6 Å². The zero-order valence-corrected chi connectivity index (χ0v) is 17.2. The van der Waals surface area contributed by atoms with E-state index in [4.69, 9.17) is 39.5 Å². The van der Waals surface area contributed by atoms with Crippen molar-refractivity contribution in [2.75, 3.05) is 0 Å². The van der Waals surface area contributed by atoms with Crippen LogP contribution in [0, 0.1) is 13.8 Å². The molecule has 5 heteroatoms. The van der Waals surface area contributed by atoms with E-state index >= 15 is 0 Å². The largest absolute Gasteiger partial charge is 0.488 e. The van der Waals surface area contributed by atoms with E-state index in [0.29, 0.717) is 27.4 Å². The molecule has 0 unspecified atom stereocenters. The highest BCUT2D eigenvalue weighted by Gasteiger charge is 2.07. The Morgan fingerprint density at radius 2 is 1.63 bits per heavy atom. The van der Waals surface area contributed by atoms with Gasteiger partial charge in [0.2, 0.25) is 0 Å². The molecule has 0 aliphatic rings. The van der Waals surface area contributed by atoms with E-state index in [-0.39, 0.29) is 0 Å². The van der Waals surface area contributed by atoms with Gasteiger partial charge in [0.1, 0.15) is 12.4 Å². The molecule has 0 saturated carbocycles. The summed E-state index contributed by atoms with van der Waals surface area (Å²) < 4.78 is 5.96. The predicted molar refractivity (Wildman–Crippen MR) is 115 cm³/mol. The number of hydrogen-bond donors (Lipinski definition) is 0. The number of benzene rings is 3. The molecule has 0 spiro atoms. The second-order valence-corrected chi connectivity index (χ2v) is 7.53. The lowest BCUT2D eigenvalue weighted by molar-refractivity contribution is 0.306. The van der Waals surface area contributed by atoms with Crippen LogP contribution in [0.4, 0.5) is 5.69 Å². The average molecular weight is 419 g/mol. The molecule has 0 heterocycles. The number of aryl methyl sites for hydroxylation is 2. The number of nitrogens with zero attached hydrogens (tertiary/aromatic N) is 1. The van der Waals surface area contributed by atoms with E-state index in [1.807, 2.05) is 37.3 Å². The quantitative estimate of drug-likeness (QED) is 0.391. The first-order valence-electron chi connectivity index (χ1n) is 8.40. The molecule has 0 saturated heterocycles. The Kier molecular flexibility index (Phi) is 6.43. The van der Waals surface area contributed by atoms with E-state index in [2.05, 4.69) is 18.0 Å². The molecule has 0 N–H and O–H groups in total. The molecule has 0 aliphatic carbocycles. The smallest absolute Gasteiger partial charge is 0.128 e. The van der Waals surface area contributed by atoms with Crippen LogP contribution in [-0.2, 0) is 6.61 Å². The first-order valence-corrected chi connectivity index (χ1v) is 9.53. The van der Waals surface area contributed by atoms with Gasteiger partial charge in [0.05, 0.1) is 5.69 Å². The fourth-order valence-corrected chi connectivity index (χ4v) is 3.28. The van der Waals surface area contributed by atoms with Gasteiger partial charge in [-0.15, -0.1) is 0 Å². The van der Waals surface area contributed by atoms with E-state index in [1.165, 1.54) is 5.56 Å². The maximum absolute atomic E-state index is 6.22. The summed E-state index contributed by atoms with van der Waals surface area (Å²) in [6.07, 6.45) is 1.77. The Balaban J connectivity index is 1.83. The third-order valence-electron chi connectivity index (χ3n) is 4.07. The molecular weight excluding hydrogens is 401 g/mol. The first-order chi connectivity index (χ1) is 12.9. The Bertz CT molecular complexity index is 999. The molecule has 0 aliphatic heterocycles. The van der Waals surface area contributed by atoms with Gasteiger partial charge >= 0.3 is 0 Å². The Morgan fingerprint density at radius 3 is 2.37 bits per heavy atom. The molecule has 2 nitrogen and oxygen atoms in total. The summed E-state index contributed by atoms with van der Waals surface area (Å²) in [4.78, 5) is 4.60. The topological polar surface area (TPSA) is 21.6 Å². The Labute approximate surface area is 174 Å². The van der Waals surface area contributed by atoms with Gasteiger partial charge in [-0.25, -0.2) is 0 Å². The summed E-state index contributed by atoms with van der Waals surface area (Å²) >= 11 is 18.3. The molecule has 0 radical (unpaired) electrons. The minimum Gasteiger partial charge on any atom is -0.488 e. The molecule has 3 aromatic rings. The van der Waals surface area contributed by atoms with Crippen molar-refractivity contribution in [2.24, 2.45) is 4.99 Å². The van der Waals surface area contributed by atoms with Gasteiger partial charge < -0.3 is 4.74 Å². The molecule has 0 bridgehead atoms. The van der Waals surface area contributed by atoms with E-state index in [0.717, 1.165) is 22.4 Å². The molecule has 0 atom stereocenters. The fraction of sp³-hybridized carbons (Fsp3) is 0.136. The lowest BCUT2D eigenvalue weighted by Gasteiger charge is -2.11. The van der Waals surface area contributed by atoms with Gasteiger partial charge in [-0.05, 0) is 55.8 Å². The Morgan fingerprint density at radius 1 is 0.889 bits per heavy atom. The maximum atomic E-state index is 6.22. The number of rotatable bonds is 5. The van der Waals surface area contributed by atoms with Gasteiger partial charge in [0, 0.05) is 32.4 Å². The lowest BCUT2D eigenvalue weighted by atomic mass is 10.1. The van der Waals surface area contributed by atoms with Crippen LogP contribution in [0.3, 0.4) is 0 Å². The Hall–Kier alpha value is -2.00. The molecule has 138 valence electrons. The van der Waals surface area contributed by atoms with Crippen molar-refractivity contribution in [3.8, 4) is 5.75 Å². The number of halogens is 3. The van der Waals surface area contributed by atoms with Crippen LogP contribution in [0.2, 0.25) is 15.1 Å². The van der Waals surface area contributed by atoms with Crippen LogP contribution in [-0.4, -0.2) is 6.21 Å². The standard InChI is InChI=1S/C22H18Cl3NO/c1-14-3-7-21(15(2)9-14)26-12-17-10-18(23)6-8-22(17)27-13-16-4-5-19(24)11-20(16)25/h3-12H,13H2,1-2H3. The van der Waals surface area contributed by atoms with E-state index in [1.54, 1.807) is 24.4 Å². The van der Waals surface area contributed by atoms with Crippen LogP contribution in [0.1, 0.15) is 22.3 Å². The van der Waals surface area contributed by atoms with Crippen molar-refractivity contribution < 1.29 is 4.74 Å². The molecule has 0 fully saturated rings. The van der Waals surface area contributed by atoms with Crippen molar-refractivity contribution in [1.82, 2.24) is 0 Å². The van der Waals surface area contributed by atoms with Crippen LogP contribution < -0.4 is 4.74 Å². The maximum Gasteiger partial charge on any atom is 0.128 e. The SMILES string of the molecule is Cc1ccc(N=Cc2cc(Cl)ccc2OCc2ccc(Cl)cc2Cl)c(C)c1. The highest BCUT2D eigenvalue weighted by molar-refractivity contribution is 6.35. The van der Waals surface area contributed by atoms with E-state index in [9.17, 15) is 0 Å². The molecular formula is C22H18Cl3NO. The molecule has 27 heavy (non-hydrogen) atoms. The van der Waals surface area contributed by atoms with Gasteiger partial charge in [-0.3, -0.25) is 4.99 Å². The average Bonchev–Trinajstić information content (AvgIpc) is 2.61. The van der Waals surface area contributed by atoms with Crippen LogP contribution in [0.25, 0.3) is 0 Å². The van der Waals surface area contributed by atoms with Crippen LogP contribution in [0.15, 0.2) is 59.6 Å². The molecule has 0 amide bonds. The third-order valence-corrected chi connectivity index (χ3v) is 4.89. The van der Waals surface area contributed by atoms with Gasteiger partial charge in [-0.2, -0.15) is 0 Å². The normalized spacial score (nSPS) is 11.1. The monoisotopic (exact) mass is 417 g/mol. The van der Waals surface area contributed by atoms with Crippen molar-refractivity contribution in [1.29, 1.82) is 0 Å². The summed E-state index contributed by atoms with van der Waals surface area (Å²) in [6.45, 7) is 4.42. The van der Waals surface area contributed by atoms with Crippen LogP contribution in [0.5, 0.6) is 5.75 Å². The summed E-state index contributed by atoms with van der Waals surface area (Å²) in [7, 11) is 0. The lowest BCUT2D eigenvalue weighted by Crippen LogP contribution is -1.99. The minimum atomic E-state index is 0.321. The van der Waals surface area contributed by atoms with Gasteiger partial charge in [0.25, 0.3) is 0 Å². The van der Waals surface area contributed by atoms with Crippen LogP contribution >= 0.6 is 34.8 Å². The number of aliphatic imine (C=N–C) groups is 1. The predicted octanol–water partition coefficient (Wildman–Crippen LogP) is 7.59. The van der Waals surface area contributed by atoms with Crippen molar-refractivity contribution in [3.63, 3.8) is 0 Å². The van der Waals surface area contributed by atoms with Gasteiger partial charge in [0.15, 0.2) is 0 Å². The first kappa shape index (κ1) is 19.8. The second-order valence-electron chi connectivity index (χ2n) is 6.25. The zero-order valence-electron chi connectivity index (χ0n) is 15.0. The minimum absolute atomic E-state index is 0.321. The third kappa shape index (κ3) is 5.26. The zero-order chi connectivity index (χ0) is 19.4. The molecule has 3 aromatic carbocycles. The van der Waals surface area contributed by atoms with Crippen molar-refractivity contribution in [2.45, 2.75) is 20.5 Å². The second kappa shape index (κ2) is 8.79.